The van der Waals surface area contributed by atoms with Crippen molar-refractivity contribution in [2.45, 2.75) is 81.8 Å². The van der Waals surface area contributed by atoms with Gasteiger partial charge in [0.05, 0.1) is 22.4 Å². The van der Waals surface area contributed by atoms with Gasteiger partial charge >= 0.3 is 0 Å². The van der Waals surface area contributed by atoms with Crippen molar-refractivity contribution in [1.29, 1.82) is 0 Å². The molecule has 1 heterocycles. The molecule has 1 aromatic carbocycles. The van der Waals surface area contributed by atoms with E-state index < -0.39 is 25.3 Å². The van der Waals surface area contributed by atoms with Gasteiger partial charge in [0.25, 0.3) is 0 Å². The average molecular weight is 488 g/mol. The van der Waals surface area contributed by atoms with Crippen molar-refractivity contribution in [2.24, 2.45) is 5.92 Å². The second kappa shape index (κ2) is 10.4. The van der Waals surface area contributed by atoms with Crippen molar-refractivity contribution >= 4 is 25.7 Å². The Bertz CT molecular complexity index is 946. The van der Waals surface area contributed by atoms with Gasteiger partial charge in [0.15, 0.2) is 0 Å². The Labute approximate surface area is 193 Å². The lowest BCUT2D eigenvalue weighted by atomic mass is 9.86. The maximum absolute atomic E-state index is 13.0. The van der Waals surface area contributed by atoms with E-state index in [1.165, 1.54) is 4.31 Å². The SMILES string of the molecule is CC1CN(S(=O)(=O)c2ccc(NCC3CCC(NS(=O)(=O)C(C)C)CC3)cc2)C[C@@H](C)O1. The molecule has 0 amide bonds. The third-order valence-electron chi connectivity index (χ3n) is 6.27. The molecule has 0 spiro atoms. The van der Waals surface area contributed by atoms with E-state index in [4.69, 9.17) is 4.74 Å². The number of anilines is 1. The second-order valence-corrected chi connectivity index (χ2v) is 13.6. The lowest BCUT2D eigenvalue weighted by Crippen LogP contribution is -2.48. The molecule has 2 N–H and O–H groups in total. The van der Waals surface area contributed by atoms with Gasteiger partial charge in [-0.1, -0.05) is 0 Å². The average Bonchev–Trinajstić information content (AvgIpc) is 2.72. The largest absolute Gasteiger partial charge is 0.385 e. The quantitative estimate of drug-likeness (QED) is 0.584. The predicted molar refractivity (Wildman–Crippen MR) is 127 cm³/mol. The first-order valence-corrected chi connectivity index (χ1v) is 14.5. The Morgan fingerprint density at radius 2 is 1.53 bits per heavy atom. The van der Waals surface area contributed by atoms with Crippen LogP contribution < -0.4 is 10.0 Å². The molecule has 0 bridgehead atoms. The zero-order valence-corrected chi connectivity index (χ0v) is 21.1. The number of nitrogens with one attached hydrogen (secondary N) is 2. The Morgan fingerprint density at radius 1 is 0.969 bits per heavy atom. The molecule has 0 aromatic heterocycles. The number of ether oxygens (including phenoxy) is 1. The fraction of sp³-hybridized carbons (Fsp3) is 0.727. The maximum Gasteiger partial charge on any atom is 0.243 e. The summed E-state index contributed by atoms with van der Waals surface area (Å²) in [5, 5.41) is 2.99. The normalized spacial score (nSPS) is 28.0. The van der Waals surface area contributed by atoms with E-state index in [0.29, 0.717) is 23.9 Å². The zero-order valence-electron chi connectivity index (χ0n) is 19.5. The number of nitrogens with zero attached hydrogens (tertiary/aromatic N) is 1. The third kappa shape index (κ3) is 6.44. The van der Waals surface area contributed by atoms with E-state index in [-0.39, 0.29) is 18.2 Å². The van der Waals surface area contributed by atoms with Crippen LogP contribution in [0.3, 0.4) is 0 Å². The van der Waals surface area contributed by atoms with Crippen LogP contribution in [-0.2, 0) is 24.8 Å². The second-order valence-electron chi connectivity index (χ2n) is 9.41. The van der Waals surface area contributed by atoms with Crippen molar-refractivity contribution in [3.63, 3.8) is 0 Å². The number of rotatable bonds is 8. The third-order valence-corrected chi connectivity index (χ3v) is 10.0. The van der Waals surface area contributed by atoms with E-state index in [0.717, 1.165) is 37.9 Å². The first-order chi connectivity index (χ1) is 15.0. The van der Waals surface area contributed by atoms with Crippen molar-refractivity contribution in [3.8, 4) is 0 Å². The summed E-state index contributed by atoms with van der Waals surface area (Å²) < 4.78 is 60.0. The van der Waals surface area contributed by atoms with Crippen molar-refractivity contribution in [1.82, 2.24) is 9.03 Å². The topological polar surface area (TPSA) is 105 Å². The minimum atomic E-state index is -3.54. The van der Waals surface area contributed by atoms with Gasteiger partial charge in [0.2, 0.25) is 20.0 Å². The first kappa shape index (κ1) is 25.4. The predicted octanol–water partition coefficient (Wildman–Crippen LogP) is 2.78. The van der Waals surface area contributed by atoms with Crippen LogP contribution in [0.4, 0.5) is 5.69 Å². The highest BCUT2D eigenvalue weighted by Crippen LogP contribution is 2.26. The Morgan fingerprint density at radius 3 is 2.06 bits per heavy atom. The molecule has 1 aromatic rings. The number of hydrogen-bond donors (Lipinski definition) is 2. The van der Waals surface area contributed by atoms with Crippen molar-refractivity contribution in [3.05, 3.63) is 24.3 Å². The zero-order chi connectivity index (χ0) is 23.5. The standard InChI is InChI=1S/C22H37N3O5S2/c1-16(2)31(26,27)24-21-7-5-19(6-8-21)13-23-20-9-11-22(12-10-20)32(28,29)25-14-17(3)30-18(4)15-25/h9-12,16-19,21,23-24H,5-8,13-15H2,1-4H3/t17-,18?,19?,21?/m1/s1. The van der Waals surface area contributed by atoms with E-state index in [9.17, 15) is 16.8 Å². The summed E-state index contributed by atoms with van der Waals surface area (Å²) in [6.07, 6.45) is 3.35. The number of hydrogen-bond acceptors (Lipinski definition) is 6. The molecule has 2 aliphatic rings. The smallest absolute Gasteiger partial charge is 0.243 e. The highest BCUT2D eigenvalue weighted by molar-refractivity contribution is 7.90. The van der Waals surface area contributed by atoms with E-state index >= 15 is 0 Å². The van der Waals surface area contributed by atoms with E-state index in [1.54, 1.807) is 26.0 Å². The summed E-state index contributed by atoms with van der Waals surface area (Å²) in [4.78, 5) is 0.294. The number of benzene rings is 1. The Kier molecular flexibility index (Phi) is 8.25. The monoisotopic (exact) mass is 487 g/mol. The summed E-state index contributed by atoms with van der Waals surface area (Å²) in [6.45, 7) is 8.67. The molecule has 2 atom stereocenters. The number of sulfonamides is 2. The summed E-state index contributed by atoms with van der Waals surface area (Å²) in [6, 6.07) is 6.94. The molecule has 8 nitrogen and oxygen atoms in total. The molecule has 1 saturated heterocycles. The van der Waals surface area contributed by atoms with E-state index in [1.807, 2.05) is 26.0 Å². The van der Waals surface area contributed by atoms with Gasteiger partial charge in [0, 0.05) is 31.4 Å². The molecular formula is C22H37N3O5S2. The summed E-state index contributed by atoms with van der Waals surface area (Å²) in [5.41, 5.74) is 0.885. The van der Waals surface area contributed by atoms with Gasteiger partial charge in [-0.05, 0) is 83.6 Å². The van der Waals surface area contributed by atoms with Gasteiger partial charge in [0.1, 0.15) is 0 Å². The molecule has 10 heteroatoms. The summed E-state index contributed by atoms with van der Waals surface area (Å²) >= 11 is 0. The van der Waals surface area contributed by atoms with Crippen LogP contribution in [-0.4, -0.2) is 64.3 Å². The van der Waals surface area contributed by atoms with E-state index in [2.05, 4.69) is 10.0 Å². The van der Waals surface area contributed by atoms with Gasteiger partial charge in [-0.2, -0.15) is 4.31 Å². The lowest BCUT2D eigenvalue weighted by Gasteiger charge is -2.34. The number of morpholine rings is 1. The van der Waals surface area contributed by atoms with Crippen LogP contribution in [0, 0.1) is 5.92 Å². The molecular weight excluding hydrogens is 450 g/mol. The van der Waals surface area contributed by atoms with Crippen LogP contribution in [0.15, 0.2) is 29.2 Å². The Balaban J connectivity index is 1.49. The van der Waals surface area contributed by atoms with Gasteiger partial charge < -0.3 is 10.1 Å². The van der Waals surface area contributed by atoms with Crippen molar-refractivity contribution < 1.29 is 21.6 Å². The molecule has 3 rings (SSSR count). The minimum Gasteiger partial charge on any atom is -0.385 e. The van der Waals surface area contributed by atoms with Gasteiger partial charge in [-0.15, -0.1) is 0 Å². The van der Waals surface area contributed by atoms with Crippen LogP contribution in [0.25, 0.3) is 0 Å². The molecule has 2 fully saturated rings. The fourth-order valence-electron chi connectivity index (χ4n) is 4.34. The van der Waals surface area contributed by atoms with Crippen LogP contribution >= 0.6 is 0 Å². The molecule has 1 aliphatic heterocycles. The summed E-state index contributed by atoms with van der Waals surface area (Å²) in [5.74, 6) is 0.467. The van der Waals surface area contributed by atoms with Gasteiger partial charge in [-0.25, -0.2) is 21.6 Å². The maximum atomic E-state index is 13.0. The van der Waals surface area contributed by atoms with Gasteiger partial charge in [-0.3, -0.25) is 0 Å². The molecule has 32 heavy (non-hydrogen) atoms. The lowest BCUT2D eigenvalue weighted by molar-refractivity contribution is -0.0440. The fourth-order valence-corrected chi connectivity index (χ4v) is 6.90. The molecule has 1 unspecified atom stereocenters. The first-order valence-electron chi connectivity index (χ1n) is 11.5. The molecule has 0 radical (unpaired) electrons. The van der Waals surface area contributed by atoms with Crippen molar-refractivity contribution in [2.75, 3.05) is 25.0 Å². The molecule has 182 valence electrons. The molecule has 1 saturated carbocycles. The highest BCUT2D eigenvalue weighted by Gasteiger charge is 2.32. The minimum absolute atomic E-state index is 0.0220. The van der Waals surface area contributed by atoms with Crippen LogP contribution in [0.5, 0.6) is 0 Å². The Hall–Kier alpha value is -1.20. The summed E-state index contributed by atoms with van der Waals surface area (Å²) in [7, 11) is -6.76. The molecule has 1 aliphatic carbocycles. The highest BCUT2D eigenvalue weighted by atomic mass is 32.2. The van der Waals surface area contributed by atoms with Crippen LogP contribution in [0.1, 0.15) is 53.4 Å². The van der Waals surface area contributed by atoms with Crippen LogP contribution in [0.2, 0.25) is 0 Å².